The Hall–Kier alpha value is -3.11. The number of anilines is 1. The maximum Gasteiger partial charge on any atom is 0.411 e. The summed E-state index contributed by atoms with van der Waals surface area (Å²) < 4.78 is 0. The molecule has 2 atom stereocenters. The van der Waals surface area contributed by atoms with Gasteiger partial charge in [-0.2, -0.15) is 0 Å². The van der Waals surface area contributed by atoms with E-state index in [1.54, 1.807) is 4.90 Å². The Morgan fingerprint density at radius 1 is 0.865 bits per heavy atom. The number of hydrogen-bond donors (Lipinski definition) is 1. The Morgan fingerprint density at radius 3 is 2.11 bits per heavy atom. The molecule has 1 saturated carbocycles. The molecule has 2 aliphatic rings. The van der Waals surface area contributed by atoms with Crippen molar-refractivity contribution >= 4 is 11.8 Å². The van der Waals surface area contributed by atoms with E-state index in [2.05, 4.69) is 86.3 Å². The Balaban J connectivity index is 1.31. The fourth-order valence-electron chi connectivity index (χ4n) is 6.46. The summed E-state index contributed by atoms with van der Waals surface area (Å²) in [4.78, 5) is 16.8. The molecule has 1 N–H and O–H groups in total. The molecule has 1 heterocycles. The molecule has 1 aliphatic carbocycles. The van der Waals surface area contributed by atoms with Crippen LogP contribution in [0, 0.1) is 17.8 Å². The van der Waals surface area contributed by atoms with Crippen LogP contribution in [0.5, 0.6) is 0 Å². The number of nitrogens with zero attached hydrogens (tertiary/aromatic N) is 2. The third-order valence-electron chi connectivity index (χ3n) is 8.47. The van der Waals surface area contributed by atoms with Crippen LogP contribution < -0.4 is 4.90 Å². The van der Waals surface area contributed by atoms with Crippen LogP contribution in [0.3, 0.4) is 0 Å². The van der Waals surface area contributed by atoms with Gasteiger partial charge in [0.25, 0.3) is 0 Å². The number of para-hydroxylation sites is 1. The van der Waals surface area contributed by atoms with Gasteiger partial charge in [0, 0.05) is 26.2 Å². The summed E-state index contributed by atoms with van der Waals surface area (Å²) in [6.45, 7) is 10.4. The minimum atomic E-state index is -0.846. The quantitative estimate of drug-likeness (QED) is 0.376. The lowest BCUT2D eigenvalue weighted by Crippen LogP contribution is -2.47. The third-order valence-corrected chi connectivity index (χ3v) is 8.47. The van der Waals surface area contributed by atoms with Gasteiger partial charge in [-0.3, -0.25) is 9.80 Å². The SMILES string of the molecule is CC(C)(C)c1ccc(Cc2ccccc2N(CC2C3CCC2CN(Cc2ccccc2)C3)C(=O)O)cc1. The predicted octanol–water partition coefficient (Wildman–Crippen LogP) is 7.22. The van der Waals surface area contributed by atoms with Gasteiger partial charge in [-0.05, 0) is 70.8 Å². The summed E-state index contributed by atoms with van der Waals surface area (Å²) in [6.07, 6.45) is 2.29. The molecule has 3 aromatic carbocycles. The van der Waals surface area contributed by atoms with Crippen LogP contribution in [0.25, 0.3) is 0 Å². The molecular formula is C33H40N2O2. The molecule has 5 rings (SSSR count). The molecule has 194 valence electrons. The van der Waals surface area contributed by atoms with Gasteiger partial charge in [0.1, 0.15) is 0 Å². The van der Waals surface area contributed by atoms with E-state index in [1.807, 2.05) is 18.2 Å². The van der Waals surface area contributed by atoms with Crippen LogP contribution in [0.2, 0.25) is 0 Å². The second kappa shape index (κ2) is 10.7. The molecule has 0 aromatic heterocycles. The lowest BCUT2D eigenvalue weighted by Gasteiger charge is -2.40. The van der Waals surface area contributed by atoms with Crippen LogP contribution in [0.15, 0.2) is 78.9 Å². The molecule has 2 bridgehead atoms. The fourth-order valence-corrected chi connectivity index (χ4v) is 6.46. The Morgan fingerprint density at radius 2 is 1.49 bits per heavy atom. The molecular weight excluding hydrogens is 456 g/mol. The van der Waals surface area contributed by atoms with Crippen molar-refractivity contribution in [3.63, 3.8) is 0 Å². The average molecular weight is 497 g/mol. The fraction of sp³-hybridized carbons (Fsp3) is 0.424. The first kappa shape index (κ1) is 25.5. The smallest absolute Gasteiger partial charge is 0.411 e. The van der Waals surface area contributed by atoms with E-state index in [0.717, 1.165) is 37.3 Å². The number of likely N-dealkylation sites (tertiary alicyclic amines) is 1. The standard InChI is InChI=1S/C33H40N2O2/c1-33(2,3)29-17-13-24(14-18-29)19-26-11-7-8-12-31(26)35(32(36)37)23-30-27-15-16-28(30)22-34(21-27)20-25-9-5-4-6-10-25/h4-14,17-18,27-28,30H,15-16,19-23H2,1-3H3,(H,36,37). The Bertz CT molecular complexity index is 1180. The van der Waals surface area contributed by atoms with Gasteiger partial charge in [-0.15, -0.1) is 0 Å². The highest BCUT2D eigenvalue weighted by Crippen LogP contribution is 2.43. The molecule has 1 saturated heterocycles. The summed E-state index contributed by atoms with van der Waals surface area (Å²) in [5.41, 5.74) is 5.90. The first-order chi connectivity index (χ1) is 17.8. The summed E-state index contributed by atoms with van der Waals surface area (Å²) in [7, 11) is 0. The van der Waals surface area contributed by atoms with Gasteiger partial charge in [0.2, 0.25) is 0 Å². The van der Waals surface area contributed by atoms with Crippen molar-refractivity contribution in [1.29, 1.82) is 0 Å². The molecule has 1 aliphatic heterocycles. The lowest BCUT2D eigenvalue weighted by atomic mass is 9.84. The van der Waals surface area contributed by atoms with E-state index in [0.29, 0.717) is 24.3 Å². The number of carboxylic acid groups (broad SMARTS) is 1. The highest BCUT2D eigenvalue weighted by Gasteiger charge is 2.43. The van der Waals surface area contributed by atoms with Gasteiger partial charge in [-0.1, -0.05) is 93.6 Å². The zero-order valence-corrected chi connectivity index (χ0v) is 22.4. The molecule has 2 unspecified atom stereocenters. The van der Waals surface area contributed by atoms with Crippen molar-refractivity contribution in [2.75, 3.05) is 24.5 Å². The number of hydrogen-bond acceptors (Lipinski definition) is 2. The van der Waals surface area contributed by atoms with E-state index >= 15 is 0 Å². The van der Waals surface area contributed by atoms with Crippen molar-refractivity contribution < 1.29 is 9.90 Å². The van der Waals surface area contributed by atoms with Gasteiger partial charge < -0.3 is 5.11 Å². The van der Waals surface area contributed by atoms with Crippen molar-refractivity contribution in [2.24, 2.45) is 17.8 Å². The normalized spacial score (nSPS) is 21.6. The third kappa shape index (κ3) is 5.91. The maximum atomic E-state index is 12.6. The summed E-state index contributed by atoms with van der Waals surface area (Å²) in [5.74, 6) is 1.53. The summed E-state index contributed by atoms with van der Waals surface area (Å²) in [6, 6.07) is 27.5. The number of fused-ring (bicyclic) bond motifs is 2. The minimum Gasteiger partial charge on any atom is -0.465 e. The average Bonchev–Trinajstić information content (AvgIpc) is 3.10. The number of carbonyl (C=O) groups is 1. The molecule has 0 spiro atoms. The highest BCUT2D eigenvalue weighted by molar-refractivity contribution is 5.87. The first-order valence-corrected chi connectivity index (χ1v) is 13.7. The Labute approximate surface area is 221 Å². The topological polar surface area (TPSA) is 43.8 Å². The molecule has 3 aromatic rings. The van der Waals surface area contributed by atoms with Crippen LogP contribution >= 0.6 is 0 Å². The zero-order chi connectivity index (χ0) is 26.0. The van der Waals surface area contributed by atoms with E-state index in [4.69, 9.17) is 0 Å². The van der Waals surface area contributed by atoms with Crippen LogP contribution in [0.4, 0.5) is 10.5 Å². The number of benzene rings is 3. The lowest BCUT2D eigenvalue weighted by molar-refractivity contribution is 0.105. The molecule has 4 heteroatoms. The van der Waals surface area contributed by atoms with Crippen molar-refractivity contribution in [3.8, 4) is 0 Å². The van der Waals surface area contributed by atoms with Crippen LogP contribution in [0.1, 0.15) is 55.9 Å². The van der Waals surface area contributed by atoms with E-state index < -0.39 is 6.09 Å². The first-order valence-electron chi connectivity index (χ1n) is 13.7. The number of piperidine rings is 1. The van der Waals surface area contributed by atoms with Crippen molar-refractivity contribution in [1.82, 2.24) is 4.90 Å². The molecule has 0 radical (unpaired) electrons. The van der Waals surface area contributed by atoms with Crippen LogP contribution in [-0.4, -0.2) is 35.7 Å². The summed E-state index contributed by atoms with van der Waals surface area (Å²) in [5, 5.41) is 10.3. The monoisotopic (exact) mass is 496 g/mol. The second-order valence-corrected chi connectivity index (χ2v) is 12.1. The summed E-state index contributed by atoms with van der Waals surface area (Å²) >= 11 is 0. The largest absolute Gasteiger partial charge is 0.465 e. The number of amides is 1. The van der Waals surface area contributed by atoms with Gasteiger partial charge in [-0.25, -0.2) is 4.79 Å². The van der Waals surface area contributed by atoms with Gasteiger partial charge in [0.05, 0.1) is 5.69 Å². The predicted molar refractivity (Wildman–Crippen MR) is 151 cm³/mol. The molecule has 4 nitrogen and oxygen atoms in total. The maximum absolute atomic E-state index is 12.6. The van der Waals surface area contributed by atoms with E-state index in [1.165, 1.54) is 29.5 Å². The van der Waals surface area contributed by atoms with E-state index in [-0.39, 0.29) is 5.41 Å². The van der Waals surface area contributed by atoms with Crippen molar-refractivity contribution in [3.05, 3.63) is 101 Å². The number of rotatable bonds is 7. The van der Waals surface area contributed by atoms with Gasteiger partial charge in [0.15, 0.2) is 0 Å². The molecule has 2 fully saturated rings. The minimum absolute atomic E-state index is 0.118. The Kier molecular flexibility index (Phi) is 7.39. The highest BCUT2D eigenvalue weighted by atomic mass is 16.4. The molecule has 1 amide bonds. The second-order valence-electron chi connectivity index (χ2n) is 12.1. The van der Waals surface area contributed by atoms with Gasteiger partial charge >= 0.3 is 6.09 Å². The van der Waals surface area contributed by atoms with E-state index in [9.17, 15) is 9.90 Å². The molecule has 37 heavy (non-hydrogen) atoms. The van der Waals surface area contributed by atoms with Crippen LogP contribution in [-0.2, 0) is 18.4 Å². The zero-order valence-electron chi connectivity index (χ0n) is 22.4. The van der Waals surface area contributed by atoms with Crippen molar-refractivity contribution in [2.45, 2.75) is 52.0 Å².